The van der Waals surface area contributed by atoms with Gasteiger partial charge < -0.3 is 21.5 Å². The number of amides is 2. The Morgan fingerprint density at radius 1 is 0.878 bits per heavy atom. The number of carbonyl (C=O) groups is 2. The van der Waals surface area contributed by atoms with Crippen molar-refractivity contribution in [3.8, 4) is 5.75 Å². The minimum atomic E-state index is -0.610. The van der Waals surface area contributed by atoms with Gasteiger partial charge in [0.05, 0.1) is 0 Å². The average Bonchev–Trinajstić information content (AvgIpc) is 3.63. The fourth-order valence-corrected chi connectivity index (χ4v) is 8.75. The molecule has 5 aliphatic rings. The Hall–Kier alpha value is -3.80. The normalized spacial score (nSPS) is 29.1. The molecule has 6 nitrogen and oxygen atoms in total. The highest BCUT2D eigenvalue weighted by atomic mass is 16.3. The third kappa shape index (κ3) is 5.09. The molecule has 2 amide bonds. The van der Waals surface area contributed by atoms with Crippen LogP contribution in [0, 0.1) is 29.6 Å². The molecule has 0 aromatic heterocycles. The van der Waals surface area contributed by atoms with E-state index in [9.17, 15) is 14.7 Å². The summed E-state index contributed by atoms with van der Waals surface area (Å²) in [7, 11) is 0. The molecule has 4 bridgehead atoms. The Bertz CT molecular complexity index is 1440. The van der Waals surface area contributed by atoms with Gasteiger partial charge >= 0.3 is 0 Å². The first-order valence-corrected chi connectivity index (χ1v) is 15.2. The second-order valence-electron chi connectivity index (χ2n) is 13.1. The number of aromatic hydroxyl groups is 1. The van der Waals surface area contributed by atoms with Gasteiger partial charge in [-0.1, -0.05) is 42.5 Å². The van der Waals surface area contributed by atoms with Crippen LogP contribution in [-0.4, -0.2) is 28.5 Å². The lowest BCUT2D eigenvalue weighted by atomic mass is 9.63. The summed E-state index contributed by atoms with van der Waals surface area (Å²) < 4.78 is 0. The van der Waals surface area contributed by atoms with Crippen molar-refractivity contribution in [3.63, 3.8) is 0 Å². The summed E-state index contributed by atoms with van der Waals surface area (Å²) in [6.45, 7) is 0. The number of hydrogen-bond donors (Lipinski definition) is 4. The van der Waals surface area contributed by atoms with Crippen LogP contribution in [0.2, 0.25) is 0 Å². The first-order valence-electron chi connectivity index (χ1n) is 15.2. The third-order valence-electron chi connectivity index (χ3n) is 10.5. The lowest BCUT2D eigenvalue weighted by Gasteiger charge is -2.49. The summed E-state index contributed by atoms with van der Waals surface area (Å²) >= 11 is 0. The van der Waals surface area contributed by atoms with Crippen molar-refractivity contribution in [2.45, 2.75) is 62.9 Å². The van der Waals surface area contributed by atoms with Crippen molar-refractivity contribution in [3.05, 3.63) is 95.1 Å². The van der Waals surface area contributed by atoms with E-state index in [1.807, 2.05) is 36.4 Å². The monoisotopic (exact) mass is 549 g/mol. The van der Waals surface area contributed by atoms with E-state index in [2.05, 4.69) is 22.8 Å². The predicted octanol–water partition coefficient (Wildman–Crippen LogP) is 5.04. The molecule has 41 heavy (non-hydrogen) atoms. The second kappa shape index (κ2) is 10.2. The standard InChI is InChI=1S/C35H39N3O3/c36-29-14-11-24(16-23(29)10-6-22-7-12-27(39)13-8-22)33(40)37-30(15-9-21-4-2-1-3-5-21)34(41)38-35-18-25-17-26(19-35)32-28(20-35)31(25)32/h1-5,7-8,11-14,16,25-26,28,30-32,39H,6,9-10,15,17-20,36H2,(H,37,40)(H,38,41)/t25?,26?,28?,30-,31?,32?,35?/m0/s1. The number of phenolic OH excluding ortho intramolecular Hbond substituents is 1. The lowest BCUT2D eigenvalue weighted by molar-refractivity contribution is -0.127. The number of aryl methyl sites for hydroxylation is 3. The summed E-state index contributed by atoms with van der Waals surface area (Å²) in [4.78, 5) is 27.4. The van der Waals surface area contributed by atoms with Crippen molar-refractivity contribution >= 4 is 17.5 Å². The van der Waals surface area contributed by atoms with Crippen molar-refractivity contribution in [1.82, 2.24) is 10.6 Å². The van der Waals surface area contributed by atoms with Crippen LogP contribution in [0.1, 0.15) is 59.2 Å². The summed E-state index contributed by atoms with van der Waals surface area (Å²) in [6.07, 6.45) is 7.34. The molecule has 5 fully saturated rings. The number of nitrogen functional groups attached to an aromatic ring is 1. The zero-order valence-electron chi connectivity index (χ0n) is 23.4. The number of nitrogens with two attached hydrogens (primary N) is 1. The molecule has 3 aromatic rings. The van der Waals surface area contributed by atoms with Crippen LogP contribution in [0.5, 0.6) is 5.75 Å². The van der Waals surface area contributed by atoms with Gasteiger partial charge in [-0.25, -0.2) is 0 Å². The van der Waals surface area contributed by atoms with Crippen molar-refractivity contribution in [2.75, 3.05) is 5.73 Å². The number of rotatable bonds is 10. The maximum atomic E-state index is 13.9. The van der Waals surface area contributed by atoms with Gasteiger partial charge in [0, 0.05) is 16.8 Å². The molecule has 5 N–H and O–H groups in total. The summed E-state index contributed by atoms with van der Waals surface area (Å²) in [5.41, 5.74) is 10.5. The smallest absolute Gasteiger partial charge is 0.251 e. The molecule has 0 saturated heterocycles. The average molecular weight is 550 g/mol. The van der Waals surface area contributed by atoms with Crippen LogP contribution in [0.4, 0.5) is 5.69 Å². The minimum Gasteiger partial charge on any atom is -0.508 e. The van der Waals surface area contributed by atoms with Gasteiger partial charge in [-0.3, -0.25) is 9.59 Å². The van der Waals surface area contributed by atoms with Gasteiger partial charge in [0.25, 0.3) is 5.91 Å². The van der Waals surface area contributed by atoms with E-state index in [4.69, 9.17) is 5.73 Å². The minimum absolute atomic E-state index is 0.0470. The van der Waals surface area contributed by atoms with Crippen molar-refractivity contribution in [2.24, 2.45) is 29.6 Å². The molecule has 8 rings (SSSR count). The number of benzene rings is 3. The quantitative estimate of drug-likeness (QED) is 0.266. The van der Waals surface area contributed by atoms with Crippen LogP contribution in [-0.2, 0) is 24.1 Å². The molecule has 5 saturated carbocycles. The highest BCUT2D eigenvalue weighted by Crippen LogP contribution is 2.75. The van der Waals surface area contributed by atoms with Crippen LogP contribution < -0.4 is 16.4 Å². The highest BCUT2D eigenvalue weighted by molar-refractivity contribution is 5.98. The van der Waals surface area contributed by atoms with E-state index >= 15 is 0 Å². The Morgan fingerprint density at radius 3 is 2.29 bits per heavy atom. The SMILES string of the molecule is Nc1ccc(C(=O)N[C@@H](CCc2ccccc2)C(=O)NC23CC4CC(C2)C2C(C3)C42)cc1CCc1ccc(O)cc1. The van der Waals surface area contributed by atoms with E-state index in [1.54, 1.807) is 24.3 Å². The van der Waals surface area contributed by atoms with Crippen LogP contribution in [0.15, 0.2) is 72.8 Å². The molecule has 0 spiro atoms. The van der Waals surface area contributed by atoms with Gasteiger partial charge in [-0.2, -0.15) is 0 Å². The first-order chi connectivity index (χ1) is 19.9. The first kappa shape index (κ1) is 26.1. The molecule has 0 heterocycles. The molecule has 4 unspecified atom stereocenters. The van der Waals surface area contributed by atoms with Gasteiger partial charge in [0.2, 0.25) is 5.91 Å². The van der Waals surface area contributed by atoms with Gasteiger partial charge in [-0.05, 0) is 128 Å². The Morgan fingerprint density at radius 2 is 1.59 bits per heavy atom. The molecule has 5 atom stereocenters. The summed E-state index contributed by atoms with van der Waals surface area (Å²) in [6, 6.07) is 22.0. The Kier molecular flexibility index (Phi) is 6.52. The lowest BCUT2D eigenvalue weighted by Crippen LogP contribution is -2.60. The van der Waals surface area contributed by atoms with Crippen LogP contribution >= 0.6 is 0 Å². The molecule has 6 heteroatoms. The maximum absolute atomic E-state index is 13.9. The van der Waals surface area contributed by atoms with E-state index in [1.165, 1.54) is 6.42 Å². The molecule has 0 radical (unpaired) electrons. The number of nitrogens with one attached hydrogen (secondary N) is 2. The number of hydrogen-bond acceptors (Lipinski definition) is 4. The Labute approximate surface area is 241 Å². The Balaban J connectivity index is 1.05. The highest BCUT2D eigenvalue weighted by Gasteiger charge is 2.72. The van der Waals surface area contributed by atoms with E-state index < -0.39 is 6.04 Å². The molecule has 5 aliphatic carbocycles. The zero-order valence-corrected chi connectivity index (χ0v) is 23.4. The molecular formula is C35H39N3O3. The van der Waals surface area contributed by atoms with Gasteiger partial charge in [0.1, 0.15) is 11.8 Å². The topological polar surface area (TPSA) is 104 Å². The van der Waals surface area contributed by atoms with Crippen LogP contribution in [0.25, 0.3) is 0 Å². The van der Waals surface area contributed by atoms with E-state index in [0.29, 0.717) is 30.5 Å². The maximum Gasteiger partial charge on any atom is 0.251 e. The van der Waals surface area contributed by atoms with E-state index in [0.717, 1.165) is 72.0 Å². The predicted molar refractivity (Wildman–Crippen MR) is 159 cm³/mol. The molecule has 3 aromatic carbocycles. The second-order valence-corrected chi connectivity index (χ2v) is 13.1. The molecule has 0 aliphatic heterocycles. The van der Waals surface area contributed by atoms with Crippen molar-refractivity contribution < 1.29 is 14.7 Å². The molecular weight excluding hydrogens is 510 g/mol. The zero-order chi connectivity index (χ0) is 28.1. The van der Waals surface area contributed by atoms with Crippen molar-refractivity contribution in [1.29, 1.82) is 0 Å². The number of anilines is 1. The summed E-state index contributed by atoms with van der Waals surface area (Å²) in [5, 5.41) is 16.2. The molecule has 212 valence electrons. The fraction of sp³-hybridized carbons (Fsp3) is 0.429. The summed E-state index contributed by atoms with van der Waals surface area (Å²) in [5.74, 6) is 4.17. The largest absolute Gasteiger partial charge is 0.508 e. The number of phenols is 1. The number of carbonyl (C=O) groups excluding carboxylic acids is 2. The van der Waals surface area contributed by atoms with Crippen LogP contribution in [0.3, 0.4) is 0 Å². The fourth-order valence-electron chi connectivity index (χ4n) is 8.75. The van der Waals surface area contributed by atoms with Gasteiger partial charge in [0.15, 0.2) is 0 Å². The van der Waals surface area contributed by atoms with Gasteiger partial charge in [-0.15, -0.1) is 0 Å². The third-order valence-corrected chi connectivity index (χ3v) is 10.5. The van der Waals surface area contributed by atoms with E-state index in [-0.39, 0.29) is 23.1 Å².